The normalized spacial score (nSPS) is 11.2. The van der Waals surface area contributed by atoms with Gasteiger partial charge >= 0.3 is 0 Å². The lowest BCUT2D eigenvalue weighted by Crippen LogP contribution is -2.19. The fourth-order valence-electron chi connectivity index (χ4n) is 2.16. The second-order valence-electron chi connectivity index (χ2n) is 5.14. The van der Waals surface area contributed by atoms with Gasteiger partial charge in [-0.1, -0.05) is 60.6 Å². The van der Waals surface area contributed by atoms with E-state index in [0.717, 1.165) is 11.8 Å². The highest BCUT2D eigenvalue weighted by molar-refractivity contribution is 8.00. The topological polar surface area (TPSA) is 93.4 Å². The molecule has 1 amide bonds. The number of carbonyl (C=O) groups excluding carboxylic acids is 1. The molecule has 1 aromatic heterocycles. The van der Waals surface area contributed by atoms with Gasteiger partial charge in [0.2, 0.25) is 5.91 Å². The number of benzene rings is 1. The molecule has 8 heteroatoms. The van der Waals surface area contributed by atoms with Crippen LogP contribution in [0.5, 0.6) is 5.75 Å². The fraction of sp³-hybridized carbons (Fsp3) is 0.222. The number of aromatic nitrogens is 1. The average molecular weight is 387 g/mol. The predicted octanol–water partition coefficient (Wildman–Crippen LogP) is 4.26. The molecule has 132 valence electrons. The summed E-state index contributed by atoms with van der Waals surface area (Å²) in [6.45, 7) is 9.50. The summed E-state index contributed by atoms with van der Waals surface area (Å²) in [6, 6.07) is 10.9. The van der Waals surface area contributed by atoms with E-state index in [9.17, 15) is 10.1 Å². The Kier molecular flexibility index (Phi) is 6.85. The van der Waals surface area contributed by atoms with E-state index in [4.69, 9.17) is 28.6 Å². The quantitative estimate of drug-likeness (QED) is 0.435. The van der Waals surface area contributed by atoms with Gasteiger partial charge in [-0.05, 0) is 12.0 Å². The van der Waals surface area contributed by atoms with E-state index in [0.29, 0.717) is 18.6 Å². The second kappa shape index (κ2) is 9.10. The summed E-state index contributed by atoms with van der Waals surface area (Å²) in [5.74, 6) is -0.489. The fourth-order valence-corrected chi connectivity index (χ4v) is 3.46. The number of thioether (sulfide) groups is 1. The van der Waals surface area contributed by atoms with Crippen molar-refractivity contribution in [3.63, 3.8) is 0 Å². The minimum atomic E-state index is -0.760. The number of nitrogens with two attached hydrogens (primary N) is 1. The summed E-state index contributed by atoms with van der Waals surface area (Å²) >= 11 is 7.11. The van der Waals surface area contributed by atoms with Crippen molar-refractivity contribution in [2.75, 3.05) is 6.61 Å². The number of hydrogen-bond donors (Lipinski definition) is 1. The van der Waals surface area contributed by atoms with Crippen LogP contribution < -0.4 is 10.5 Å². The number of primary amides is 1. The maximum absolute atomic E-state index is 11.9. The van der Waals surface area contributed by atoms with Crippen molar-refractivity contribution in [3.05, 3.63) is 58.0 Å². The van der Waals surface area contributed by atoms with Crippen LogP contribution in [-0.2, 0) is 4.79 Å². The molecule has 1 atom stereocenters. The molecule has 1 heterocycles. The van der Waals surface area contributed by atoms with Gasteiger partial charge in [-0.15, -0.1) is 0 Å². The van der Waals surface area contributed by atoms with E-state index in [1.54, 1.807) is 24.3 Å². The number of nitrogens with zero attached hydrogens (tertiary/aromatic N) is 3. The van der Waals surface area contributed by atoms with Crippen LogP contribution in [0.15, 0.2) is 35.4 Å². The Hall–Kier alpha value is -2.74. The molecule has 0 saturated carbocycles. The second-order valence-corrected chi connectivity index (χ2v) is 6.60. The molecule has 2 aromatic rings. The van der Waals surface area contributed by atoms with E-state index >= 15 is 0 Å². The first-order chi connectivity index (χ1) is 12.5. The molecule has 6 nitrogen and oxygen atoms in total. The summed E-state index contributed by atoms with van der Waals surface area (Å²) in [5, 5.41) is 8.94. The number of nitriles is 1. The monoisotopic (exact) mass is 386 g/mol. The molecule has 2 rings (SSSR count). The lowest BCUT2D eigenvalue weighted by Gasteiger charge is -2.16. The van der Waals surface area contributed by atoms with Crippen molar-refractivity contribution < 1.29 is 9.53 Å². The van der Waals surface area contributed by atoms with Crippen LogP contribution in [0.4, 0.5) is 5.69 Å². The number of hydrogen-bond acceptors (Lipinski definition) is 5. The van der Waals surface area contributed by atoms with Gasteiger partial charge in [0.1, 0.15) is 32.8 Å². The third kappa shape index (κ3) is 4.26. The van der Waals surface area contributed by atoms with E-state index < -0.39 is 11.2 Å². The van der Waals surface area contributed by atoms with E-state index in [1.807, 2.05) is 19.1 Å². The number of pyridine rings is 1. The zero-order chi connectivity index (χ0) is 19.1. The third-order valence-electron chi connectivity index (χ3n) is 3.32. The van der Waals surface area contributed by atoms with Crippen LogP contribution in [0.25, 0.3) is 4.85 Å². The van der Waals surface area contributed by atoms with Gasteiger partial charge < -0.3 is 10.5 Å². The molecule has 0 aliphatic heterocycles. The molecular formula is C18H15ClN4O2S. The van der Waals surface area contributed by atoms with Crippen LogP contribution in [0.1, 0.15) is 29.7 Å². The van der Waals surface area contributed by atoms with Gasteiger partial charge in [0, 0.05) is 0 Å². The molecule has 0 spiro atoms. The zero-order valence-electron chi connectivity index (χ0n) is 13.9. The summed E-state index contributed by atoms with van der Waals surface area (Å²) in [5.41, 5.74) is 6.27. The highest BCUT2D eigenvalue weighted by Crippen LogP contribution is 2.44. The van der Waals surface area contributed by atoms with Crippen molar-refractivity contribution in [3.8, 4) is 11.8 Å². The summed E-state index contributed by atoms with van der Waals surface area (Å²) in [7, 11) is 0. The van der Waals surface area contributed by atoms with Gasteiger partial charge in [0.15, 0.2) is 0 Å². The number of amides is 1. The van der Waals surface area contributed by atoms with Gasteiger partial charge in [-0.3, -0.25) is 4.79 Å². The van der Waals surface area contributed by atoms with Gasteiger partial charge in [0.05, 0.1) is 13.2 Å². The van der Waals surface area contributed by atoms with Crippen LogP contribution in [-0.4, -0.2) is 17.5 Å². The van der Waals surface area contributed by atoms with Crippen molar-refractivity contribution in [1.29, 1.82) is 5.26 Å². The van der Waals surface area contributed by atoms with Gasteiger partial charge in [0.25, 0.3) is 5.69 Å². The van der Waals surface area contributed by atoms with Crippen LogP contribution in [0.2, 0.25) is 5.15 Å². The van der Waals surface area contributed by atoms with E-state index in [1.165, 1.54) is 0 Å². The van der Waals surface area contributed by atoms with Crippen molar-refractivity contribution >= 4 is 35.0 Å². The number of rotatable bonds is 7. The first-order valence-corrected chi connectivity index (χ1v) is 8.94. The average Bonchev–Trinajstić information content (AvgIpc) is 2.64. The molecule has 2 N–H and O–H groups in total. The van der Waals surface area contributed by atoms with Crippen LogP contribution >= 0.6 is 23.4 Å². The Bertz CT molecular complexity index is 891. The van der Waals surface area contributed by atoms with Crippen LogP contribution in [0.3, 0.4) is 0 Å². The van der Waals surface area contributed by atoms with Crippen molar-refractivity contribution in [2.24, 2.45) is 5.73 Å². The molecule has 0 aliphatic rings. The first-order valence-electron chi connectivity index (χ1n) is 7.68. The largest absolute Gasteiger partial charge is 0.503 e. The molecule has 0 fully saturated rings. The molecule has 0 saturated heterocycles. The smallest absolute Gasteiger partial charge is 0.265 e. The standard InChI is InChI=1S/C18H15ClN4O2S/c1-3-9-25-14-12(10-20)18(23-16(19)13(14)22-2)26-15(17(21)24)11-7-5-4-6-8-11/h4-8,15H,3,9H2,1H3,(H2,21,24). The van der Waals surface area contributed by atoms with E-state index in [-0.39, 0.29) is 27.2 Å². The van der Waals surface area contributed by atoms with Gasteiger partial charge in [-0.25, -0.2) is 9.83 Å². The molecule has 26 heavy (non-hydrogen) atoms. The lowest BCUT2D eigenvalue weighted by atomic mass is 10.1. The summed E-state index contributed by atoms with van der Waals surface area (Å²) < 4.78 is 5.58. The highest BCUT2D eigenvalue weighted by Gasteiger charge is 2.26. The number of carbonyl (C=O) groups is 1. The SMILES string of the molecule is [C-]#[N+]c1c(Cl)nc(SC(C(N)=O)c2ccccc2)c(C#N)c1OCCC. The van der Waals surface area contributed by atoms with E-state index in [2.05, 4.69) is 9.83 Å². The first kappa shape index (κ1) is 19.6. The molecule has 0 radical (unpaired) electrons. The van der Waals surface area contributed by atoms with Crippen molar-refractivity contribution in [1.82, 2.24) is 4.98 Å². The Morgan fingerprint density at radius 2 is 2.19 bits per heavy atom. The Balaban J connectivity index is 2.55. The van der Waals surface area contributed by atoms with Gasteiger partial charge in [-0.2, -0.15) is 5.26 Å². The third-order valence-corrected chi connectivity index (χ3v) is 4.84. The zero-order valence-corrected chi connectivity index (χ0v) is 15.5. The number of ether oxygens (including phenoxy) is 1. The molecular weight excluding hydrogens is 372 g/mol. The molecule has 0 aliphatic carbocycles. The maximum Gasteiger partial charge on any atom is 0.265 e. The Morgan fingerprint density at radius 3 is 2.73 bits per heavy atom. The minimum absolute atomic E-state index is 0.0173. The van der Waals surface area contributed by atoms with Crippen LogP contribution in [0, 0.1) is 17.9 Å². The molecule has 1 unspecified atom stereocenters. The summed E-state index contributed by atoms with van der Waals surface area (Å²) in [6.07, 6.45) is 0.693. The Morgan fingerprint density at radius 1 is 1.50 bits per heavy atom. The minimum Gasteiger partial charge on any atom is -0.503 e. The Labute approximate surface area is 160 Å². The summed E-state index contributed by atoms with van der Waals surface area (Å²) in [4.78, 5) is 19.4. The lowest BCUT2D eigenvalue weighted by molar-refractivity contribution is -0.117. The predicted molar refractivity (Wildman–Crippen MR) is 100 cm³/mol. The maximum atomic E-state index is 11.9. The molecule has 0 bridgehead atoms. The highest BCUT2D eigenvalue weighted by atomic mass is 35.5. The van der Waals surface area contributed by atoms with Crippen molar-refractivity contribution in [2.45, 2.75) is 23.6 Å². The number of halogens is 1. The molecule has 1 aromatic carbocycles.